The predicted octanol–water partition coefficient (Wildman–Crippen LogP) is -0.585. The highest BCUT2D eigenvalue weighted by Crippen LogP contribution is 1.54. The summed E-state index contributed by atoms with van der Waals surface area (Å²) in [5.74, 6) is 1.21. The highest BCUT2D eigenvalue weighted by atomic mass is 16.5. The van der Waals surface area contributed by atoms with Crippen molar-refractivity contribution < 1.29 is 14.3 Å². The van der Waals surface area contributed by atoms with E-state index in [9.17, 15) is 0 Å². The van der Waals surface area contributed by atoms with E-state index in [4.69, 9.17) is 9.59 Å². The molecule has 6 heavy (non-hydrogen) atoms. The molecule has 0 heterocycles. The molecule has 1 radical (unpaired) electrons. The lowest BCUT2D eigenvalue weighted by molar-refractivity contribution is 0.398. The zero-order chi connectivity index (χ0) is 4.83. The van der Waals surface area contributed by atoms with Crippen molar-refractivity contribution in [2.75, 3.05) is 0 Å². The van der Waals surface area contributed by atoms with E-state index in [1.807, 2.05) is 0 Å². The molecule has 0 saturated carbocycles. The third-order valence-corrected chi connectivity index (χ3v) is 0.155. The van der Waals surface area contributed by atoms with E-state index in [0.29, 0.717) is 6.26 Å². The number of carbonyl (C=O) groups excluding carboxylic acids is 2. The maximum absolute atomic E-state index is 9.08. The van der Waals surface area contributed by atoms with Crippen molar-refractivity contribution >= 4 is 12.4 Å². The molecule has 0 atom stereocenters. The molecule has 0 saturated heterocycles. The molecule has 0 fully saturated rings. The average Bonchev–Trinajstić information content (AvgIpc) is 1.61. The minimum Gasteiger partial charge on any atom is -0.414 e. The third-order valence-electron chi connectivity index (χ3n) is 0.155. The number of hydrogen-bond acceptors (Lipinski definition) is 3. The fourth-order valence-corrected chi connectivity index (χ4v) is 0.0481. The van der Waals surface area contributed by atoms with Gasteiger partial charge in [0.2, 0.25) is 0 Å². The summed E-state index contributed by atoms with van der Waals surface area (Å²) < 4.78 is 3.63. The molecule has 31 valence electrons. The second-order valence-corrected chi connectivity index (χ2v) is 0.437. The Kier molecular flexibility index (Phi) is 3.21. The van der Waals surface area contributed by atoms with Gasteiger partial charge in [-0.25, -0.2) is 9.59 Å². The van der Waals surface area contributed by atoms with E-state index in [2.05, 4.69) is 4.74 Å². The van der Waals surface area contributed by atoms with Gasteiger partial charge in [0.05, 0.1) is 0 Å². The quantitative estimate of drug-likeness (QED) is 0.332. The first-order valence-electron chi connectivity index (χ1n) is 1.14. The fourth-order valence-electron chi connectivity index (χ4n) is 0.0481. The Morgan fingerprint density at radius 1 is 1.50 bits per heavy atom. The molecule has 0 aromatic rings. The van der Waals surface area contributed by atoms with E-state index in [0.717, 1.165) is 6.47 Å². The molecule has 0 aliphatic rings. The fraction of sp³-hybridized carbons (Fsp3) is 0. The van der Waals surface area contributed by atoms with Crippen LogP contribution in [0.25, 0.3) is 0 Å². The van der Waals surface area contributed by atoms with Crippen LogP contribution in [0.15, 0.2) is 6.26 Å². The molecule has 0 aliphatic carbocycles. The van der Waals surface area contributed by atoms with Crippen molar-refractivity contribution in [2.45, 2.75) is 0 Å². The first-order chi connectivity index (χ1) is 2.91. The van der Waals surface area contributed by atoms with Crippen molar-refractivity contribution in [3.63, 3.8) is 0 Å². The Balaban J connectivity index is 3.07. The second-order valence-electron chi connectivity index (χ2n) is 0.437. The molecule has 0 rings (SSSR count). The van der Waals surface area contributed by atoms with Gasteiger partial charge in [-0.2, -0.15) is 0 Å². The second kappa shape index (κ2) is 3.92. The molecule has 0 aromatic heterocycles. The van der Waals surface area contributed by atoms with E-state index in [1.165, 1.54) is 5.94 Å². The number of ether oxygens (including phenoxy) is 1. The number of hydrogen-bond donors (Lipinski definition) is 0. The third kappa shape index (κ3) is 2.92. The van der Waals surface area contributed by atoms with E-state index < -0.39 is 0 Å². The highest BCUT2D eigenvalue weighted by Gasteiger charge is 1.63. The predicted molar refractivity (Wildman–Crippen MR) is 17.0 cm³/mol. The zero-order valence-electron chi connectivity index (χ0n) is 2.80. The molecule has 3 nitrogen and oxygen atoms in total. The van der Waals surface area contributed by atoms with Gasteiger partial charge in [0.1, 0.15) is 0 Å². The lowest BCUT2D eigenvalue weighted by Crippen LogP contribution is -1.69. The van der Waals surface area contributed by atoms with Crippen molar-refractivity contribution in [3.05, 3.63) is 6.26 Å². The molecule has 3 heteroatoms. The van der Waals surface area contributed by atoms with Crippen LogP contribution in [-0.4, -0.2) is 12.4 Å². The SMILES string of the molecule is O=[C]OC=C=O. The Hall–Kier alpha value is -1.08. The molecule has 0 aliphatic heterocycles. The van der Waals surface area contributed by atoms with Crippen molar-refractivity contribution in [2.24, 2.45) is 0 Å². The average molecular weight is 85.0 g/mol. The summed E-state index contributed by atoms with van der Waals surface area (Å²) in [7, 11) is 0. The van der Waals surface area contributed by atoms with Gasteiger partial charge in [0.15, 0.2) is 12.2 Å². The molecular weight excluding hydrogens is 84.0 g/mol. The highest BCUT2D eigenvalue weighted by molar-refractivity contribution is 5.48. The Morgan fingerprint density at radius 3 is 2.33 bits per heavy atom. The summed E-state index contributed by atoms with van der Waals surface area (Å²) in [6, 6.07) is 0. The standard InChI is InChI=1S/C3HO3/c4-1-2-6-3-5/h2H. The first-order valence-corrected chi connectivity index (χ1v) is 1.14. The molecule has 0 spiro atoms. The Morgan fingerprint density at radius 2 is 2.17 bits per heavy atom. The Labute approximate surface area is 34.2 Å². The van der Waals surface area contributed by atoms with Gasteiger partial charge in [-0.15, -0.1) is 0 Å². The molecule has 0 amide bonds. The maximum atomic E-state index is 9.08. The van der Waals surface area contributed by atoms with Gasteiger partial charge < -0.3 is 4.74 Å². The van der Waals surface area contributed by atoms with E-state index in [-0.39, 0.29) is 0 Å². The first kappa shape index (κ1) is 4.92. The lowest BCUT2D eigenvalue weighted by atomic mass is 11.1. The summed E-state index contributed by atoms with van der Waals surface area (Å²) in [5, 5.41) is 0. The zero-order valence-corrected chi connectivity index (χ0v) is 2.80. The molecule has 0 unspecified atom stereocenters. The summed E-state index contributed by atoms with van der Waals surface area (Å²) in [5.41, 5.74) is 0. The van der Waals surface area contributed by atoms with Crippen molar-refractivity contribution in [1.82, 2.24) is 0 Å². The van der Waals surface area contributed by atoms with Gasteiger partial charge in [0, 0.05) is 0 Å². The van der Waals surface area contributed by atoms with Crippen LogP contribution in [0.2, 0.25) is 0 Å². The van der Waals surface area contributed by atoms with Crippen LogP contribution in [0.5, 0.6) is 0 Å². The number of rotatable bonds is 2. The smallest absolute Gasteiger partial charge is 0.414 e. The topological polar surface area (TPSA) is 43.4 Å². The minimum absolute atomic E-state index is 0.576. The summed E-state index contributed by atoms with van der Waals surface area (Å²) in [6.45, 7) is 1.00. The van der Waals surface area contributed by atoms with Gasteiger partial charge in [-0.3, -0.25) is 0 Å². The van der Waals surface area contributed by atoms with E-state index in [1.54, 1.807) is 0 Å². The lowest BCUT2D eigenvalue weighted by Gasteiger charge is -1.66. The largest absolute Gasteiger partial charge is 0.423 e. The van der Waals surface area contributed by atoms with Crippen molar-refractivity contribution in [1.29, 1.82) is 0 Å². The van der Waals surface area contributed by atoms with Crippen molar-refractivity contribution in [3.8, 4) is 0 Å². The molecule has 0 N–H and O–H groups in total. The van der Waals surface area contributed by atoms with Crippen LogP contribution in [0, 0.1) is 0 Å². The molecule has 0 bridgehead atoms. The summed E-state index contributed by atoms with van der Waals surface area (Å²) in [4.78, 5) is 18.1. The van der Waals surface area contributed by atoms with Gasteiger partial charge in [0.25, 0.3) is 0 Å². The monoisotopic (exact) mass is 85.0 g/mol. The van der Waals surface area contributed by atoms with Crippen LogP contribution >= 0.6 is 0 Å². The van der Waals surface area contributed by atoms with Gasteiger partial charge >= 0.3 is 6.47 Å². The summed E-state index contributed by atoms with van der Waals surface area (Å²) in [6.07, 6.45) is 0.576. The van der Waals surface area contributed by atoms with Crippen LogP contribution in [-0.2, 0) is 14.3 Å². The van der Waals surface area contributed by atoms with Gasteiger partial charge in [-0.1, -0.05) is 0 Å². The molecular formula is C3HO3. The molecule has 0 aromatic carbocycles. The van der Waals surface area contributed by atoms with Gasteiger partial charge in [-0.05, 0) is 0 Å². The Bertz CT molecular complexity index is 80.0. The van der Waals surface area contributed by atoms with Crippen LogP contribution in [0.1, 0.15) is 0 Å². The van der Waals surface area contributed by atoms with Crippen LogP contribution in [0.3, 0.4) is 0 Å². The normalized spacial score (nSPS) is 5.33. The minimum atomic E-state index is 0.576. The summed E-state index contributed by atoms with van der Waals surface area (Å²) >= 11 is 0. The van der Waals surface area contributed by atoms with Crippen LogP contribution < -0.4 is 0 Å². The maximum Gasteiger partial charge on any atom is 0.423 e. The van der Waals surface area contributed by atoms with Crippen LogP contribution in [0.4, 0.5) is 0 Å². The van der Waals surface area contributed by atoms with E-state index >= 15 is 0 Å².